The normalized spacial score (nSPS) is 17.2. The van der Waals surface area contributed by atoms with Crippen LogP contribution in [0.1, 0.15) is 23.2 Å². The van der Waals surface area contributed by atoms with Gasteiger partial charge >= 0.3 is 0 Å². The largest absolute Gasteiger partial charge is 0.393 e. The fraction of sp³-hybridized carbons (Fsp3) is 0.500. The van der Waals surface area contributed by atoms with Crippen molar-refractivity contribution in [2.75, 3.05) is 19.3 Å². The number of amides is 1. The van der Waals surface area contributed by atoms with Crippen LogP contribution in [0.15, 0.2) is 23.4 Å². The monoisotopic (exact) mass is 252 g/mol. The molecule has 0 radical (unpaired) electrons. The van der Waals surface area contributed by atoms with E-state index in [0.717, 1.165) is 5.03 Å². The molecule has 0 bridgehead atoms. The maximum Gasteiger partial charge on any atom is 0.254 e. The smallest absolute Gasteiger partial charge is 0.254 e. The number of hydrogen-bond donors (Lipinski definition) is 1. The minimum atomic E-state index is -0.252. The Morgan fingerprint density at radius 2 is 2.24 bits per heavy atom. The number of pyridine rings is 1. The lowest BCUT2D eigenvalue weighted by molar-refractivity contribution is 0.0546. The fourth-order valence-corrected chi connectivity index (χ4v) is 2.32. The van der Waals surface area contributed by atoms with E-state index in [0.29, 0.717) is 31.5 Å². The standard InChI is InChI=1S/C12H16N2O2S/c1-17-11-8-9(2-5-13-11)12(16)14-6-3-10(15)4-7-14/h2,5,8,10,15H,3-4,6-7H2,1H3. The van der Waals surface area contributed by atoms with Crippen LogP contribution in [0.3, 0.4) is 0 Å². The van der Waals surface area contributed by atoms with Crippen molar-refractivity contribution in [1.29, 1.82) is 0 Å². The Bertz CT molecular complexity index is 403. The summed E-state index contributed by atoms with van der Waals surface area (Å²) >= 11 is 1.53. The van der Waals surface area contributed by atoms with Crippen molar-refractivity contribution in [2.24, 2.45) is 0 Å². The van der Waals surface area contributed by atoms with Crippen LogP contribution in [-0.2, 0) is 0 Å². The molecular formula is C12H16N2O2S. The summed E-state index contributed by atoms with van der Waals surface area (Å²) in [6.45, 7) is 1.27. The van der Waals surface area contributed by atoms with Gasteiger partial charge < -0.3 is 10.0 Å². The second-order valence-corrected chi connectivity index (χ2v) is 4.94. The maximum atomic E-state index is 12.2. The molecule has 1 aliphatic heterocycles. The molecule has 4 nitrogen and oxygen atoms in total. The minimum Gasteiger partial charge on any atom is -0.393 e. The van der Waals surface area contributed by atoms with Crippen LogP contribution >= 0.6 is 11.8 Å². The van der Waals surface area contributed by atoms with E-state index < -0.39 is 0 Å². The van der Waals surface area contributed by atoms with E-state index >= 15 is 0 Å². The molecular weight excluding hydrogens is 236 g/mol. The van der Waals surface area contributed by atoms with Gasteiger partial charge in [-0.05, 0) is 31.2 Å². The zero-order valence-electron chi connectivity index (χ0n) is 9.80. The molecule has 0 aromatic carbocycles. The third-order valence-corrected chi connectivity index (χ3v) is 3.58. The topological polar surface area (TPSA) is 53.4 Å². The van der Waals surface area contributed by atoms with E-state index in [1.807, 2.05) is 12.3 Å². The molecule has 0 atom stereocenters. The van der Waals surface area contributed by atoms with Crippen molar-refractivity contribution >= 4 is 17.7 Å². The molecule has 92 valence electrons. The second-order valence-electron chi connectivity index (χ2n) is 4.11. The first-order valence-electron chi connectivity index (χ1n) is 5.68. The fourth-order valence-electron chi connectivity index (χ4n) is 1.91. The van der Waals surface area contributed by atoms with Crippen LogP contribution in [0.25, 0.3) is 0 Å². The van der Waals surface area contributed by atoms with Crippen LogP contribution in [-0.4, -0.2) is 46.3 Å². The quantitative estimate of drug-likeness (QED) is 0.808. The van der Waals surface area contributed by atoms with Crippen molar-refractivity contribution in [3.63, 3.8) is 0 Å². The first-order valence-corrected chi connectivity index (χ1v) is 6.90. The zero-order chi connectivity index (χ0) is 12.3. The minimum absolute atomic E-state index is 0.0367. The molecule has 5 heteroatoms. The van der Waals surface area contributed by atoms with Gasteiger partial charge in [-0.1, -0.05) is 0 Å². The second kappa shape index (κ2) is 5.51. The summed E-state index contributed by atoms with van der Waals surface area (Å²) in [4.78, 5) is 18.1. The van der Waals surface area contributed by atoms with Gasteiger partial charge in [-0.15, -0.1) is 11.8 Å². The summed E-state index contributed by atoms with van der Waals surface area (Å²) in [5.41, 5.74) is 0.681. The van der Waals surface area contributed by atoms with Crippen LogP contribution in [0.2, 0.25) is 0 Å². The summed E-state index contributed by atoms with van der Waals surface area (Å²) in [5.74, 6) is 0.0367. The van der Waals surface area contributed by atoms with Crippen molar-refractivity contribution in [2.45, 2.75) is 24.0 Å². The van der Waals surface area contributed by atoms with E-state index in [-0.39, 0.29) is 12.0 Å². The predicted octanol–water partition coefficient (Wildman–Crippen LogP) is 1.40. The van der Waals surface area contributed by atoms with Gasteiger partial charge in [0.1, 0.15) is 0 Å². The van der Waals surface area contributed by atoms with Gasteiger partial charge in [-0.25, -0.2) is 4.98 Å². The first kappa shape index (κ1) is 12.4. The number of thioether (sulfide) groups is 1. The maximum absolute atomic E-state index is 12.2. The lowest BCUT2D eigenvalue weighted by Gasteiger charge is -2.29. The van der Waals surface area contributed by atoms with Crippen molar-refractivity contribution in [3.05, 3.63) is 23.9 Å². The Morgan fingerprint density at radius 1 is 1.53 bits per heavy atom. The first-order chi connectivity index (χ1) is 8.20. The molecule has 2 rings (SSSR count). The summed E-state index contributed by atoms with van der Waals surface area (Å²) in [6.07, 6.45) is 4.70. The third-order valence-electron chi connectivity index (χ3n) is 2.94. The molecule has 0 unspecified atom stereocenters. The number of carbonyl (C=O) groups excluding carboxylic acids is 1. The van der Waals surface area contributed by atoms with Crippen molar-refractivity contribution in [1.82, 2.24) is 9.88 Å². The summed E-state index contributed by atoms with van der Waals surface area (Å²) < 4.78 is 0. The predicted molar refractivity (Wildman–Crippen MR) is 67.2 cm³/mol. The van der Waals surface area contributed by atoms with Crippen LogP contribution < -0.4 is 0 Å². The summed E-state index contributed by atoms with van der Waals surface area (Å²) in [7, 11) is 0. The van der Waals surface area contributed by atoms with Crippen LogP contribution in [0.4, 0.5) is 0 Å². The number of aromatic nitrogens is 1. The highest BCUT2D eigenvalue weighted by molar-refractivity contribution is 7.98. The number of nitrogens with zero attached hydrogens (tertiary/aromatic N) is 2. The van der Waals surface area contributed by atoms with E-state index in [1.165, 1.54) is 11.8 Å². The number of aliphatic hydroxyl groups excluding tert-OH is 1. The average molecular weight is 252 g/mol. The van der Waals surface area contributed by atoms with Gasteiger partial charge in [0.2, 0.25) is 0 Å². The molecule has 1 amide bonds. The zero-order valence-corrected chi connectivity index (χ0v) is 10.6. The molecule has 17 heavy (non-hydrogen) atoms. The Balaban J connectivity index is 2.08. The summed E-state index contributed by atoms with van der Waals surface area (Å²) in [5, 5.41) is 10.3. The highest BCUT2D eigenvalue weighted by atomic mass is 32.2. The molecule has 0 aliphatic carbocycles. The molecule has 1 N–H and O–H groups in total. The SMILES string of the molecule is CSc1cc(C(=O)N2CCC(O)CC2)ccn1. The van der Waals surface area contributed by atoms with Gasteiger partial charge in [-0.3, -0.25) is 4.79 Å². The molecule has 1 fully saturated rings. The lowest BCUT2D eigenvalue weighted by atomic mass is 10.1. The van der Waals surface area contributed by atoms with Gasteiger partial charge in [-0.2, -0.15) is 0 Å². The highest BCUT2D eigenvalue weighted by Crippen LogP contribution is 2.17. The number of carbonyl (C=O) groups is 1. The highest BCUT2D eigenvalue weighted by Gasteiger charge is 2.22. The molecule has 1 aromatic rings. The number of rotatable bonds is 2. The van der Waals surface area contributed by atoms with E-state index in [1.54, 1.807) is 17.2 Å². The molecule has 1 aromatic heterocycles. The van der Waals surface area contributed by atoms with Crippen LogP contribution in [0, 0.1) is 0 Å². The number of aliphatic hydroxyl groups is 1. The lowest BCUT2D eigenvalue weighted by Crippen LogP contribution is -2.40. The number of hydrogen-bond acceptors (Lipinski definition) is 4. The number of likely N-dealkylation sites (tertiary alicyclic amines) is 1. The molecule has 2 heterocycles. The van der Waals surface area contributed by atoms with Crippen LogP contribution in [0.5, 0.6) is 0 Å². The van der Waals surface area contributed by atoms with Crippen molar-refractivity contribution in [3.8, 4) is 0 Å². The Kier molecular flexibility index (Phi) is 4.02. The van der Waals surface area contributed by atoms with Gasteiger partial charge in [0, 0.05) is 24.8 Å². The molecule has 1 aliphatic rings. The average Bonchev–Trinajstić information content (AvgIpc) is 2.39. The third kappa shape index (κ3) is 2.98. The van der Waals surface area contributed by atoms with Gasteiger partial charge in [0.05, 0.1) is 11.1 Å². The van der Waals surface area contributed by atoms with Gasteiger partial charge in [0.25, 0.3) is 5.91 Å². The summed E-state index contributed by atoms with van der Waals surface area (Å²) in [6, 6.07) is 3.56. The molecule has 1 saturated heterocycles. The Morgan fingerprint density at radius 3 is 2.88 bits per heavy atom. The Labute approximate surface area is 105 Å². The van der Waals surface area contributed by atoms with E-state index in [2.05, 4.69) is 4.98 Å². The Hall–Kier alpha value is -1.07. The van der Waals surface area contributed by atoms with Crippen molar-refractivity contribution < 1.29 is 9.90 Å². The van der Waals surface area contributed by atoms with E-state index in [4.69, 9.17) is 0 Å². The molecule has 0 saturated carbocycles. The van der Waals surface area contributed by atoms with E-state index in [9.17, 15) is 9.90 Å². The van der Waals surface area contributed by atoms with Gasteiger partial charge in [0.15, 0.2) is 0 Å². The number of piperidine rings is 1. The molecule has 0 spiro atoms.